The van der Waals surface area contributed by atoms with E-state index in [4.69, 9.17) is 5.73 Å². The van der Waals surface area contributed by atoms with Gasteiger partial charge in [-0.25, -0.2) is 0 Å². The van der Waals surface area contributed by atoms with Gasteiger partial charge in [0.15, 0.2) is 0 Å². The lowest BCUT2D eigenvalue weighted by Crippen LogP contribution is -2.42. The Morgan fingerprint density at radius 2 is 2.07 bits per heavy atom. The lowest BCUT2D eigenvalue weighted by atomic mass is 10.1. The summed E-state index contributed by atoms with van der Waals surface area (Å²) in [5.74, 6) is 0. The summed E-state index contributed by atoms with van der Waals surface area (Å²) in [5.41, 5.74) is 11.1. The first-order chi connectivity index (χ1) is 12.8. The fourth-order valence-corrected chi connectivity index (χ4v) is 4.54. The molecule has 0 unspecified atom stereocenters. The van der Waals surface area contributed by atoms with Crippen LogP contribution in [0.4, 0.5) is 5.69 Å². The quantitative estimate of drug-likeness (QED) is 0.652. The summed E-state index contributed by atoms with van der Waals surface area (Å²) in [4.78, 5) is 4.44. The number of nitrogens with zero attached hydrogens (tertiary/aromatic N) is 3. The second-order valence-corrected chi connectivity index (χ2v) is 9.04. The van der Waals surface area contributed by atoms with E-state index in [0.717, 1.165) is 22.3 Å². The van der Waals surface area contributed by atoms with E-state index in [-0.39, 0.29) is 6.04 Å². The van der Waals surface area contributed by atoms with Crippen molar-refractivity contribution in [1.29, 1.82) is 0 Å². The smallest absolute Gasteiger partial charge is 0.279 e. The van der Waals surface area contributed by atoms with Gasteiger partial charge in [0, 0.05) is 55.0 Å². The van der Waals surface area contributed by atoms with Gasteiger partial charge in [0.05, 0.1) is 12.2 Å². The summed E-state index contributed by atoms with van der Waals surface area (Å²) in [6.07, 6.45) is 3.08. The van der Waals surface area contributed by atoms with Gasteiger partial charge in [-0.1, -0.05) is 6.07 Å². The maximum absolute atomic E-state index is 12.2. The van der Waals surface area contributed by atoms with Gasteiger partial charge in [-0.15, -0.1) is 0 Å². The maximum Gasteiger partial charge on any atom is 0.279 e. The van der Waals surface area contributed by atoms with Crippen LogP contribution in [0.3, 0.4) is 0 Å². The summed E-state index contributed by atoms with van der Waals surface area (Å²) in [7, 11) is -0.414. The lowest BCUT2D eigenvalue weighted by Gasteiger charge is -2.18. The summed E-state index contributed by atoms with van der Waals surface area (Å²) in [6, 6.07) is 11.6. The van der Waals surface area contributed by atoms with Gasteiger partial charge >= 0.3 is 0 Å². The molecule has 7 nitrogen and oxygen atoms in total. The monoisotopic (exact) mass is 385 g/mol. The molecule has 0 bridgehead atoms. The molecule has 27 heavy (non-hydrogen) atoms. The molecule has 0 saturated carbocycles. The summed E-state index contributed by atoms with van der Waals surface area (Å²) < 4.78 is 30.7. The number of fused-ring (bicyclic) bond motifs is 3. The van der Waals surface area contributed by atoms with Crippen molar-refractivity contribution in [1.82, 2.24) is 18.6 Å². The minimum absolute atomic E-state index is 0.164. The Morgan fingerprint density at radius 1 is 1.26 bits per heavy atom. The summed E-state index contributed by atoms with van der Waals surface area (Å²) in [6.45, 7) is 0.643. The number of nitrogens with one attached hydrogen (secondary N) is 1. The van der Waals surface area contributed by atoms with Crippen LogP contribution in [0.25, 0.3) is 10.9 Å². The third-order valence-corrected chi connectivity index (χ3v) is 6.64. The van der Waals surface area contributed by atoms with Gasteiger partial charge < -0.3 is 10.3 Å². The molecule has 1 aliphatic rings. The molecule has 0 radical (unpaired) electrons. The molecule has 0 saturated heterocycles. The largest absolute Gasteiger partial charge is 0.399 e. The van der Waals surface area contributed by atoms with Crippen molar-refractivity contribution >= 4 is 26.8 Å². The minimum Gasteiger partial charge on any atom is -0.399 e. The Balaban J connectivity index is 1.74. The number of hydrogen-bond donors (Lipinski definition) is 2. The second kappa shape index (κ2) is 6.63. The molecular formula is C19H23N5O2S. The van der Waals surface area contributed by atoms with Crippen molar-refractivity contribution in [3.8, 4) is 0 Å². The number of aromatic nitrogens is 2. The van der Waals surface area contributed by atoms with Crippen LogP contribution < -0.4 is 10.5 Å². The van der Waals surface area contributed by atoms with Gasteiger partial charge in [0.2, 0.25) is 0 Å². The van der Waals surface area contributed by atoms with Crippen molar-refractivity contribution in [3.05, 3.63) is 59.5 Å². The van der Waals surface area contributed by atoms with Gasteiger partial charge in [0.25, 0.3) is 10.2 Å². The predicted molar refractivity (Wildman–Crippen MR) is 107 cm³/mol. The predicted octanol–water partition coefficient (Wildman–Crippen LogP) is 1.53. The average molecular weight is 385 g/mol. The van der Waals surface area contributed by atoms with E-state index in [2.05, 4.69) is 14.3 Å². The number of nitrogens with two attached hydrogens (primary N) is 1. The van der Waals surface area contributed by atoms with Crippen molar-refractivity contribution in [2.75, 3.05) is 19.8 Å². The van der Waals surface area contributed by atoms with E-state index in [1.807, 2.05) is 36.4 Å². The highest BCUT2D eigenvalue weighted by atomic mass is 32.2. The molecule has 2 heterocycles. The van der Waals surface area contributed by atoms with Crippen molar-refractivity contribution in [2.45, 2.75) is 25.4 Å². The van der Waals surface area contributed by atoms with Crippen molar-refractivity contribution < 1.29 is 8.42 Å². The zero-order valence-corrected chi connectivity index (χ0v) is 16.2. The molecule has 142 valence electrons. The number of benzene rings is 1. The molecule has 1 atom stereocenters. The Bertz CT molecular complexity index is 1090. The fourth-order valence-electron chi connectivity index (χ4n) is 3.74. The van der Waals surface area contributed by atoms with Crippen LogP contribution in [0.5, 0.6) is 0 Å². The second-order valence-electron chi connectivity index (χ2n) is 7.12. The van der Waals surface area contributed by atoms with Gasteiger partial charge in [-0.05, 0) is 42.3 Å². The molecule has 0 amide bonds. The van der Waals surface area contributed by atoms with Crippen LogP contribution in [-0.4, -0.2) is 42.4 Å². The fraction of sp³-hybridized carbons (Fsp3) is 0.316. The summed E-state index contributed by atoms with van der Waals surface area (Å²) in [5, 5.41) is 1.09. The number of anilines is 1. The van der Waals surface area contributed by atoms with E-state index in [1.54, 1.807) is 6.20 Å². The Labute approximate surface area is 159 Å². The Morgan fingerprint density at radius 3 is 2.78 bits per heavy atom. The molecule has 8 heteroatoms. The third kappa shape index (κ3) is 3.31. The lowest BCUT2D eigenvalue weighted by molar-refractivity contribution is 0.487. The molecule has 0 fully saturated rings. The van der Waals surface area contributed by atoms with Crippen molar-refractivity contribution in [3.63, 3.8) is 0 Å². The first-order valence-electron chi connectivity index (χ1n) is 8.84. The number of pyridine rings is 1. The van der Waals surface area contributed by atoms with Crippen LogP contribution in [0.1, 0.15) is 17.0 Å². The van der Waals surface area contributed by atoms with Gasteiger partial charge in [-0.3, -0.25) is 4.98 Å². The first kappa shape index (κ1) is 18.0. The molecule has 2 aromatic heterocycles. The zero-order chi connectivity index (χ0) is 19.2. The van der Waals surface area contributed by atoms with Gasteiger partial charge in [0.1, 0.15) is 0 Å². The highest BCUT2D eigenvalue weighted by Crippen LogP contribution is 2.35. The number of rotatable bonds is 5. The SMILES string of the molecule is CN(C)S(=O)(=O)N[C@@H]1Cc2c(n(Cc3ccccn3)c3ccc(N)cc23)C1. The zero-order valence-electron chi connectivity index (χ0n) is 15.4. The Hall–Kier alpha value is -2.42. The number of hydrogen-bond acceptors (Lipinski definition) is 4. The van der Waals surface area contributed by atoms with Gasteiger partial charge in [-0.2, -0.15) is 17.4 Å². The Kier molecular flexibility index (Phi) is 4.41. The molecule has 4 rings (SSSR count). The van der Waals surface area contributed by atoms with Crippen LogP contribution in [-0.2, 0) is 29.6 Å². The molecule has 3 aromatic rings. The van der Waals surface area contributed by atoms with E-state index >= 15 is 0 Å². The van der Waals surface area contributed by atoms with Crippen LogP contribution in [0, 0.1) is 0 Å². The molecule has 0 aliphatic heterocycles. The normalized spacial score (nSPS) is 16.9. The molecule has 1 aromatic carbocycles. The molecule has 1 aliphatic carbocycles. The minimum atomic E-state index is -3.47. The van der Waals surface area contributed by atoms with E-state index in [0.29, 0.717) is 25.1 Å². The van der Waals surface area contributed by atoms with E-state index < -0.39 is 10.2 Å². The average Bonchev–Trinajstić information content (AvgIpc) is 3.13. The highest BCUT2D eigenvalue weighted by molar-refractivity contribution is 7.87. The maximum atomic E-state index is 12.2. The molecule has 3 N–H and O–H groups in total. The third-order valence-electron chi connectivity index (χ3n) is 5.04. The van der Waals surface area contributed by atoms with Crippen LogP contribution in [0.15, 0.2) is 42.6 Å². The standard InChI is InChI=1S/C19H23N5O2S/c1-23(2)27(25,26)22-15-10-17-16-9-13(20)6-7-18(16)24(19(17)11-15)12-14-5-3-4-8-21-14/h3-9,15,22H,10-12,20H2,1-2H3/t15-/m1/s1. The van der Waals surface area contributed by atoms with E-state index in [9.17, 15) is 8.42 Å². The highest BCUT2D eigenvalue weighted by Gasteiger charge is 2.31. The molecule has 0 spiro atoms. The van der Waals surface area contributed by atoms with Crippen LogP contribution in [0.2, 0.25) is 0 Å². The van der Waals surface area contributed by atoms with Crippen LogP contribution >= 0.6 is 0 Å². The van der Waals surface area contributed by atoms with E-state index in [1.165, 1.54) is 24.0 Å². The molecular weight excluding hydrogens is 362 g/mol. The topological polar surface area (TPSA) is 93.2 Å². The summed E-state index contributed by atoms with van der Waals surface area (Å²) >= 11 is 0. The van der Waals surface area contributed by atoms with Crippen molar-refractivity contribution in [2.24, 2.45) is 0 Å². The number of nitrogen functional groups attached to an aromatic ring is 1. The first-order valence-corrected chi connectivity index (χ1v) is 10.3.